The number of hydrogen-bond acceptors (Lipinski definition) is 4. The van der Waals surface area contributed by atoms with Crippen molar-refractivity contribution in [2.24, 2.45) is 0 Å². The number of carbonyl (C=O) groups excluding carboxylic acids is 2. The van der Waals surface area contributed by atoms with Crippen LogP contribution in [-0.4, -0.2) is 46.2 Å². The predicted molar refractivity (Wildman–Crippen MR) is 135 cm³/mol. The minimum atomic E-state index is -4.50. The average molecular weight is 517 g/mol. The Kier molecular flexibility index (Phi) is 8.00. The number of methoxy groups -OCH3 is 1. The molecule has 2 aromatic carbocycles. The van der Waals surface area contributed by atoms with Crippen LogP contribution in [0.15, 0.2) is 54.6 Å². The lowest BCUT2D eigenvalue weighted by molar-refractivity contribution is -0.137. The quantitative estimate of drug-likeness (QED) is 0.438. The Labute approximate surface area is 214 Å². The molecule has 198 valence electrons. The van der Waals surface area contributed by atoms with E-state index in [9.17, 15) is 22.8 Å². The van der Waals surface area contributed by atoms with Crippen LogP contribution in [0.25, 0.3) is 5.69 Å². The second-order valence-electron chi connectivity index (χ2n) is 9.92. The van der Waals surface area contributed by atoms with Gasteiger partial charge in [-0.1, -0.05) is 20.8 Å². The SMILES string of the molecule is COc1ccc(-n2nc(C(C)(C)C)cc2NC(=O)CN(C(=O)c2ccc(C(F)(F)F)cc2)C(C)C)cc1. The molecular formula is C27H31F3N4O3. The van der Waals surface area contributed by atoms with E-state index in [0.717, 1.165) is 30.0 Å². The summed E-state index contributed by atoms with van der Waals surface area (Å²) in [5, 5.41) is 7.51. The van der Waals surface area contributed by atoms with Gasteiger partial charge in [-0.3, -0.25) is 9.59 Å². The van der Waals surface area contributed by atoms with Gasteiger partial charge in [0.15, 0.2) is 0 Å². The molecule has 3 rings (SSSR count). The fraction of sp³-hybridized carbons (Fsp3) is 0.370. The molecule has 0 aliphatic heterocycles. The van der Waals surface area contributed by atoms with Crippen LogP contribution >= 0.6 is 0 Å². The molecule has 10 heteroatoms. The molecule has 0 aliphatic carbocycles. The first kappa shape index (κ1) is 27.8. The lowest BCUT2D eigenvalue weighted by Crippen LogP contribution is -2.42. The van der Waals surface area contributed by atoms with Crippen LogP contribution in [0.1, 0.15) is 56.2 Å². The lowest BCUT2D eigenvalue weighted by Gasteiger charge is -2.26. The van der Waals surface area contributed by atoms with Crippen molar-refractivity contribution >= 4 is 17.6 Å². The zero-order valence-electron chi connectivity index (χ0n) is 21.7. The molecule has 1 heterocycles. The average Bonchev–Trinajstić information content (AvgIpc) is 3.25. The minimum Gasteiger partial charge on any atom is -0.497 e. The topological polar surface area (TPSA) is 76.5 Å². The molecule has 0 saturated carbocycles. The fourth-order valence-electron chi connectivity index (χ4n) is 3.55. The molecule has 1 aromatic heterocycles. The first-order chi connectivity index (χ1) is 17.2. The second-order valence-corrected chi connectivity index (χ2v) is 9.92. The van der Waals surface area contributed by atoms with Gasteiger partial charge in [0.25, 0.3) is 5.91 Å². The van der Waals surface area contributed by atoms with Gasteiger partial charge in [-0.25, -0.2) is 4.68 Å². The summed E-state index contributed by atoms with van der Waals surface area (Å²) in [6.07, 6.45) is -4.50. The van der Waals surface area contributed by atoms with E-state index in [1.54, 1.807) is 43.8 Å². The Hall–Kier alpha value is -3.82. The van der Waals surface area contributed by atoms with Gasteiger partial charge >= 0.3 is 6.18 Å². The van der Waals surface area contributed by atoms with Crippen molar-refractivity contribution in [2.75, 3.05) is 19.0 Å². The number of hydrogen-bond donors (Lipinski definition) is 1. The van der Waals surface area contributed by atoms with Crippen LogP contribution in [0.4, 0.5) is 19.0 Å². The van der Waals surface area contributed by atoms with E-state index in [2.05, 4.69) is 10.4 Å². The van der Waals surface area contributed by atoms with Gasteiger partial charge in [-0.05, 0) is 62.4 Å². The maximum absolute atomic E-state index is 13.1. The molecule has 3 aromatic rings. The van der Waals surface area contributed by atoms with Gasteiger partial charge in [0, 0.05) is 23.1 Å². The highest BCUT2D eigenvalue weighted by atomic mass is 19.4. The summed E-state index contributed by atoms with van der Waals surface area (Å²) in [4.78, 5) is 27.4. The third-order valence-electron chi connectivity index (χ3n) is 5.72. The molecule has 0 unspecified atom stereocenters. The normalized spacial score (nSPS) is 11.9. The molecule has 0 atom stereocenters. The number of amides is 2. The molecule has 0 radical (unpaired) electrons. The molecule has 2 amide bonds. The molecule has 37 heavy (non-hydrogen) atoms. The van der Waals surface area contributed by atoms with Crippen LogP contribution in [-0.2, 0) is 16.4 Å². The maximum atomic E-state index is 13.1. The van der Waals surface area contributed by atoms with Crippen LogP contribution < -0.4 is 10.1 Å². The van der Waals surface area contributed by atoms with E-state index in [1.165, 1.54) is 4.90 Å². The van der Waals surface area contributed by atoms with E-state index in [1.807, 2.05) is 32.9 Å². The first-order valence-corrected chi connectivity index (χ1v) is 11.7. The number of nitrogens with one attached hydrogen (secondary N) is 1. The van der Waals surface area contributed by atoms with Gasteiger partial charge in [0.05, 0.1) is 24.1 Å². The number of nitrogens with zero attached hydrogens (tertiary/aromatic N) is 3. The van der Waals surface area contributed by atoms with E-state index in [-0.39, 0.29) is 23.6 Å². The summed E-state index contributed by atoms with van der Waals surface area (Å²) in [7, 11) is 1.57. The molecule has 7 nitrogen and oxygen atoms in total. The summed E-state index contributed by atoms with van der Waals surface area (Å²) < 4.78 is 45.5. The molecule has 0 aliphatic rings. The molecule has 0 saturated heterocycles. The van der Waals surface area contributed by atoms with E-state index in [0.29, 0.717) is 17.3 Å². The van der Waals surface area contributed by atoms with Gasteiger partial charge in [-0.15, -0.1) is 0 Å². The highest BCUT2D eigenvalue weighted by Gasteiger charge is 2.31. The summed E-state index contributed by atoms with van der Waals surface area (Å²) >= 11 is 0. The van der Waals surface area contributed by atoms with Gasteiger partial charge in [0.2, 0.25) is 5.91 Å². The largest absolute Gasteiger partial charge is 0.497 e. The lowest BCUT2D eigenvalue weighted by atomic mass is 9.92. The van der Waals surface area contributed by atoms with Crippen LogP contribution in [0.5, 0.6) is 5.75 Å². The molecule has 0 bridgehead atoms. The smallest absolute Gasteiger partial charge is 0.416 e. The third-order valence-corrected chi connectivity index (χ3v) is 5.72. The summed E-state index contributed by atoms with van der Waals surface area (Å²) in [5.74, 6) is 0.0830. The highest BCUT2D eigenvalue weighted by molar-refractivity contribution is 5.99. The summed E-state index contributed by atoms with van der Waals surface area (Å²) in [6.45, 7) is 9.17. The number of anilines is 1. The van der Waals surface area contributed by atoms with Crippen molar-refractivity contribution in [3.63, 3.8) is 0 Å². The fourth-order valence-corrected chi connectivity index (χ4v) is 3.55. The number of alkyl halides is 3. The Morgan fingerprint density at radius 2 is 1.62 bits per heavy atom. The zero-order chi connectivity index (χ0) is 27.5. The van der Waals surface area contributed by atoms with Crippen LogP contribution in [0.2, 0.25) is 0 Å². The van der Waals surface area contributed by atoms with Crippen LogP contribution in [0, 0.1) is 0 Å². The Morgan fingerprint density at radius 1 is 1.03 bits per heavy atom. The molecule has 0 spiro atoms. The van der Waals surface area contributed by atoms with Gasteiger partial charge in [0.1, 0.15) is 18.1 Å². The van der Waals surface area contributed by atoms with E-state index < -0.39 is 23.6 Å². The van der Waals surface area contributed by atoms with E-state index in [4.69, 9.17) is 4.74 Å². The third kappa shape index (κ3) is 6.69. The first-order valence-electron chi connectivity index (χ1n) is 11.7. The van der Waals surface area contributed by atoms with Crippen molar-refractivity contribution in [2.45, 2.75) is 52.3 Å². The number of rotatable bonds is 7. The van der Waals surface area contributed by atoms with Gasteiger partial charge in [-0.2, -0.15) is 18.3 Å². The Bertz CT molecular complexity index is 1240. The Morgan fingerprint density at radius 3 is 2.11 bits per heavy atom. The molecule has 0 fully saturated rings. The molecular weight excluding hydrogens is 485 g/mol. The number of benzene rings is 2. The second kappa shape index (κ2) is 10.7. The number of carbonyl (C=O) groups is 2. The number of halogens is 3. The van der Waals surface area contributed by atoms with E-state index >= 15 is 0 Å². The van der Waals surface area contributed by atoms with Gasteiger partial charge < -0.3 is 15.0 Å². The summed E-state index contributed by atoms with van der Waals surface area (Å²) in [5.41, 5.74) is 0.375. The number of aromatic nitrogens is 2. The highest BCUT2D eigenvalue weighted by Crippen LogP contribution is 2.30. The van der Waals surface area contributed by atoms with Crippen molar-refractivity contribution in [3.8, 4) is 11.4 Å². The monoisotopic (exact) mass is 516 g/mol. The predicted octanol–water partition coefficient (Wildman–Crippen LogP) is 5.69. The van der Waals surface area contributed by atoms with Crippen molar-refractivity contribution in [1.29, 1.82) is 0 Å². The minimum absolute atomic E-state index is 0.0628. The Balaban J connectivity index is 1.84. The van der Waals surface area contributed by atoms with Crippen molar-refractivity contribution in [1.82, 2.24) is 14.7 Å². The van der Waals surface area contributed by atoms with Crippen LogP contribution in [0.3, 0.4) is 0 Å². The maximum Gasteiger partial charge on any atom is 0.416 e. The van der Waals surface area contributed by atoms with Crippen molar-refractivity contribution in [3.05, 3.63) is 71.4 Å². The zero-order valence-corrected chi connectivity index (χ0v) is 21.7. The standard InChI is InChI=1S/C27H31F3N4O3/c1-17(2)33(25(36)18-7-9-19(10-8-18)27(28,29)30)16-24(35)31-23-15-22(26(3,4)5)32-34(23)20-11-13-21(37-6)14-12-20/h7-15,17H,16H2,1-6H3,(H,31,35). The van der Waals surface area contributed by atoms with Crippen molar-refractivity contribution < 1.29 is 27.5 Å². The summed E-state index contributed by atoms with van der Waals surface area (Å²) in [6, 6.07) is 12.5. The molecule has 1 N–H and O–H groups in total. The number of ether oxygens (including phenoxy) is 1.